The monoisotopic (exact) mass is 294 g/mol. The van der Waals surface area contributed by atoms with Gasteiger partial charge in [-0.2, -0.15) is 0 Å². The van der Waals surface area contributed by atoms with Crippen LogP contribution in [0.5, 0.6) is 11.5 Å². The fourth-order valence-corrected chi connectivity index (χ4v) is 2.23. The first-order valence-electron chi connectivity index (χ1n) is 7.69. The fraction of sp³-hybridized carbons (Fsp3) is 0.647. The molecule has 0 aliphatic carbocycles. The summed E-state index contributed by atoms with van der Waals surface area (Å²) >= 11 is 0. The Morgan fingerprint density at radius 3 is 2.38 bits per heavy atom. The van der Waals surface area contributed by atoms with E-state index in [2.05, 4.69) is 44.1 Å². The van der Waals surface area contributed by atoms with Gasteiger partial charge in [0, 0.05) is 25.2 Å². The molecule has 0 aliphatic heterocycles. The summed E-state index contributed by atoms with van der Waals surface area (Å²) in [6.07, 6.45) is 1.18. The molecule has 0 aromatic heterocycles. The molecule has 0 amide bonds. The summed E-state index contributed by atoms with van der Waals surface area (Å²) in [5, 5.41) is 3.56. The predicted octanol–water partition coefficient (Wildman–Crippen LogP) is 3.08. The number of hydrogen-bond acceptors (Lipinski definition) is 4. The smallest absolute Gasteiger partial charge is 0.161 e. The van der Waals surface area contributed by atoms with Crippen molar-refractivity contribution in [1.82, 2.24) is 10.2 Å². The molecule has 0 aliphatic rings. The molecule has 120 valence electrons. The fourth-order valence-electron chi connectivity index (χ4n) is 2.23. The van der Waals surface area contributed by atoms with E-state index in [1.807, 2.05) is 12.1 Å². The molecule has 2 atom stereocenters. The first kappa shape index (κ1) is 17.8. The second-order valence-electron chi connectivity index (χ2n) is 5.53. The highest BCUT2D eigenvalue weighted by Crippen LogP contribution is 2.29. The van der Waals surface area contributed by atoms with Crippen molar-refractivity contribution in [3.8, 4) is 11.5 Å². The van der Waals surface area contributed by atoms with Crippen molar-refractivity contribution < 1.29 is 9.47 Å². The molecule has 4 nitrogen and oxygen atoms in total. The molecule has 0 heterocycles. The number of likely N-dealkylation sites (N-methyl/N-ethyl adjacent to an activating group) is 1. The van der Waals surface area contributed by atoms with Crippen LogP contribution >= 0.6 is 0 Å². The molecule has 0 radical (unpaired) electrons. The van der Waals surface area contributed by atoms with Crippen LogP contribution in [0, 0.1) is 0 Å². The maximum atomic E-state index is 5.35. The summed E-state index contributed by atoms with van der Waals surface area (Å²) < 4.78 is 10.6. The largest absolute Gasteiger partial charge is 0.493 e. The average molecular weight is 294 g/mol. The Morgan fingerprint density at radius 1 is 1.14 bits per heavy atom. The van der Waals surface area contributed by atoms with Gasteiger partial charge in [-0.05, 0) is 45.0 Å². The second kappa shape index (κ2) is 8.90. The van der Waals surface area contributed by atoms with Crippen molar-refractivity contribution in [2.24, 2.45) is 0 Å². The highest BCUT2D eigenvalue weighted by molar-refractivity contribution is 5.43. The Hall–Kier alpha value is -1.26. The van der Waals surface area contributed by atoms with Crippen LogP contribution in [0.2, 0.25) is 0 Å². The Balaban J connectivity index is 2.54. The lowest BCUT2D eigenvalue weighted by Crippen LogP contribution is -2.35. The molecule has 0 fully saturated rings. The topological polar surface area (TPSA) is 33.7 Å². The molecule has 1 N–H and O–H groups in total. The van der Waals surface area contributed by atoms with Gasteiger partial charge in [0.15, 0.2) is 11.5 Å². The Morgan fingerprint density at radius 2 is 1.81 bits per heavy atom. The minimum Gasteiger partial charge on any atom is -0.493 e. The van der Waals surface area contributed by atoms with Crippen LogP contribution < -0.4 is 14.8 Å². The van der Waals surface area contributed by atoms with Crippen LogP contribution in [0.25, 0.3) is 0 Å². The van der Waals surface area contributed by atoms with Gasteiger partial charge in [-0.15, -0.1) is 0 Å². The van der Waals surface area contributed by atoms with Gasteiger partial charge in [0.1, 0.15) is 0 Å². The van der Waals surface area contributed by atoms with E-state index in [0.29, 0.717) is 6.04 Å². The van der Waals surface area contributed by atoms with E-state index in [-0.39, 0.29) is 6.04 Å². The maximum Gasteiger partial charge on any atom is 0.161 e. The second-order valence-corrected chi connectivity index (χ2v) is 5.53. The minimum atomic E-state index is 0.287. The summed E-state index contributed by atoms with van der Waals surface area (Å²) in [5.41, 5.74) is 1.21. The van der Waals surface area contributed by atoms with Gasteiger partial charge in [0.25, 0.3) is 0 Å². The number of nitrogens with one attached hydrogen (secondary N) is 1. The van der Waals surface area contributed by atoms with Crippen LogP contribution in [-0.4, -0.2) is 45.3 Å². The van der Waals surface area contributed by atoms with Crippen LogP contribution in [-0.2, 0) is 0 Å². The zero-order chi connectivity index (χ0) is 15.8. The Labute approximate surface area is 129 Å². The van der Waals surface area contributed by atoms with E-state index in [9.17, 15) is 0 Å². The van der Waals surface area contributed by atoms with Crippen molar-refractivity contribution in [2.45, 2.75) is 39.3 Å². The van der Waals surface area contributed by atoms with Crippen LogP contribution in [0.1, 0.15) is 38.8 Å². The quantitative estimate of drug-likeness (QED) is 0.759. The van der Waals surface area contributed by atoms with Gasteiger partial charge in [-0.25, -0.2) is 0 Å². The zero-order valence-electron chi connectivity index (χ0n) is 14.3. The first-order valence-corrected chi connectivity index (χ1v) is 7.69. The lowest BCUT2D eigenvalue weighted by Gasteiger charge is -2.24. The maximum absolute atomic E-state index is 5.35. The van der Waals surface area contributed by atoms with Crippen LogP contribution in [0.3, 0.4) is 0 Å². The molecule has 0 saturated heterocycles. The number of hydrogen-bond donors (Lipinski definition) is 1. The Bertz CT molecular complexity index is 423. The van der Waals surface area contributed by atoms with E-state index >= 15 is 0 Å². The van der Waals surface area contributed by atoms with Crippen molar-refractivity contribution in [2.75, 3.05) is 34.4 Å². The molecule has 2 unspecified atom stereocenters. The van der Waals surface area contributed by atoms with Gasteiger partial charge in [-0.3, -0.25) is 0 Å². The summed E-state index contributed by atoms with van der Waals surface area (Å²) in [4.78, 5) is 2.38. The van der Waals surface area contributed by atoms with Gasteiger partial charge >= 0.3 is 0 Å². The summed E-state index contributed by atoms with van der Waals surface area (Å²) in [7, 11) is 5.50. The minimum absolute atomic E-state index is 0.287. The molecule has 0 saturated carbocycles. The molecule has 0 spiro atoms. The van der Waals surface area contributed by atoms with Crippen molar-refractivity contribution in [3.63, 3.8) is 0 Å². The summed E-state index contributed by atoms with van der Waals surface area (Å²) in [5.74, 6) is 1.55. The zero-order valence-corrected chi connectivity index (χ0v) is 14.3. The Kier molecular flexibility index (Phi) is 7.54. The van der Waals surface area contributed by atoms with E-state index in [4.69, 9.17) is 9.47 Å². The molecular weight excluding hydrogens is 264 g/mol. The van der Waals surface area contributed by atoms with Gasteiger partial charge in [0.05, 0.1) is 14.2 Å². The lowest BCUT2D eigenvalue weighted by molar-refractivity contribution is 0.249. The average Bonchev–Trinajstić information content (AvgIpc) is 2.52. The normalized spacial score (nSPS) is 14.0. The van der Waals surface area contributed by atoms with Crippen molar-refractivity contribution >= 4 is 0 Å². The third-order valence-electron chi connectivity index (χ3n) is 4.17. The summed E-state index contributed by atoms with van der Waals surface area (Å²) in [6.45, 7) is 8.67. The predicted molar refractivity (Wildman–Crippen MR) is 88.3 cm³/mol. The molecule has 1 rings (SSSR count). The number of rotatable bonds is 9. The van der Waals surface area contributed by atoms with E-state index in [1.54, 1.807) is 14.2 Å². The first-order chi connectivity index (χ1) is 10.0. The van der Waals surface area contributed by atoms with Gasteiger partial charge < -0.3 is 19.7 Å². The molecule has 21 heavy (non-hydrogen) atoms. The molecule has 1 aromatic rings. The number of nitrogens with zero attached hydrogens (tertiary/aromatic N) is 1. The summed E-state index contributed by atoms with van der Waals surface area (Å²) in [6, 6.07) is 6.99. The number of ether oxygens (including phenoxy) is 2. The molecule has 1 aromatic carbocycles. The SMILES string of the molecule is CCC(C)N(C)CCNC(C)c1ccc(OC)c(OC)c1. The molecule has 4 heteroatoms. The van der Waals surface area contributed by atoms with E-state index in [1.165, 1.54) is 12.0 Å². The molecule has 0 bridgehead atoms. The van der Waals surface area contributed by atoms with Crippen LogP contribution in [0.4, 0.5) is 0 Å². The number of benzene rings is 1. The highest BCUT2D eigenvalue weighted by atomic mass is 16.5. The van der Waals surface area contributed by atoms with Crippen LogP contribution in [0.15, 0.2) is 18.2 Å². The van der Waals surface area contributed by atoms with Crippen molar-refractivity contribution in [1.29, 1.82) is 0 Å². The highest BCUT2D eigenvalue weighted by Gasteiger charge is 2.11. The third-order valence-corrected chi connectivity index (χ3v) is 4.17. The third kappa shape index (κ3) is 5.21. The van der Waals surface area contributed by atoms with Gasteiger partial charge in [-0.1, -0.05) is 13.0 Å². The molecular formula is C17H30N2O2. The lowest BCUT2D eigenvalue weighted by atomic mass is 10.1. The number of methoxy groups -OCH3 is 2. The van der Waals surface area contributed by atoms with Gasteiger partial charge in [0.2, 0.25) is 0 Å². The van der Waals surface area contributed by atoms with Crippen molar-refractivity contribution in [3.05, 3.63) is 23.8 Å². The van der Waals surface area contributed by atoms with E-state index < -0.39 is 0 Å². The standard InChI is InChI=1S/C17H30N2O2/c1-7-13(2)19(4)11-10-18-14(3)15-8-9-16(20-5)17(12-15)21-6/h8-9,12-14,18H,7,10-11H2,1-6H3. The van der Waals surface area contributed by atoms with E-state index in [0.717, 1.165) is 24.6 Å².